The van der Waals surface area contributed by atoms with Gasteiger partial charge in [-0.2, -0.15) is 0 Å². The molecular formula is C16H21N3OS. The van der Waals surface area contributed by atoms with Crippen molar-refractivity contribution < 1.29 is 4.79 Å². The first-order valence-electron chi connectivity index (χ1n) is 7.60. The predicted molar refractivity (Wildman–Crippen MR) is 86.4 cm³/mol. The van der Waals surface area contributed by atoms with Crippen LogP contribution in [0.1, 0.15) is 43.7 Å². The third-order valence-electron chi connectivity index (χ3n) is 3.65. The standard InChI is InChI=1S/C16H21N3OS/c1-11(16-19-13-5-2-3-6-14(13)21-16)17-10-4-7-15(20)18-12-8-9-12/h2-3,5-6,11-12,17H,4,7-10H2,1H3,(H,18,20). The molecular weight excluding hydrogens is 282 g/mol. The molecule has 4 nitrogen and oxygen atoms in total. The van der Waals surface area contributed by atoms with Crippen molar-refractivity contribution in [1.82, 2.24) is 15.6 Å². The summed E-state index contributed by atoms with van der Waals surface area (Å²) in [5.74, 6) is 0.187. The normalized spacial score (nSPS) is 16.0. The lowest BCUT2D eigenvalue weighted by Gasteiger charge is -2.10. The minimum atomic E-state index is 0.187. The Kier molecular flexibility index (Phi) is 4.51. The number of carbonyl (C=O) groups is 1. The van der Waals surface area contributed by atoms with E-state index in [9.17, 15) is 4.79 Å². The highest BCUT2D eigenvalue weighted by Gasteiger charge is 2.22. The molecule has 1 aromatic carbocycles. The number of thiazole rings is 1. The Labute approximate surface area is 129 Å². The zero-order valence-corrected chi connectivity index (χ0v) is 13.1. The fourth-order valence-electron chi connectivity index (χ4n) is 2.26. The number of fused-ring (bicyclic) bond motifs is 1. The Bertz CT molecular complexity index is 588. The van der Waals surface area contributed by atoms with Crippen LogP contribution in [-0.4, -0.2) is 23.5 Å². The van der Waals surface area contributed by atoms with Gasteiger partial charge in [0.1, 0.15) is 5.01 Å². The Morgan fingerprint density at radius 2 is 2.24 bits per heavy atom. The van der Waals surface area contributed by atoms with Crippen molar-refractivity contribution in [3.05, 3.63) is 29.3 Å². The summed E-state index contributed by atoms with van der Waals surface area (Å²) in [7, 11) is 0. The molecule has 112 valence electrons. The summed E-state index contributed by atoms with van der Waals surface area (Å²) in [6.07, 6.45) is 3.78. The highest BCUT2D eigenvalue weighted by molar-refractivity contribution is 7.18. The fraction of sp³-hybridized carbons (Fsp3) is 0.500. The molecule has 0 saturated heterocycles. The molecule has 2 aromatic rings. The molecule has 1 unspecified atom stereocenters. The van der Waals surface area contributed by atoms with Crippen LogP contribution in [0, 0.1) is 0 Å². The van der Waals surface area contributed by atoms with Crippen molar-refractivity contribution in [2.75, 3.05) is 6.54 Å². The maximum Gasteiger partial charge on any atom is 0.220 e. The van der Waals surface area contributed by atoms with E-state index in [1.54, 1.807) is 11.3 Å². The Balaban J connectivity index is 1.42. The third-order valence-corrected chi connectivity index (χ3v) is 4.87. The van der Waals surface area contributed by atoms with Crippen molar-refractivity contribution in [2.24, 2.45) is 0 Å². The van der Waals surface area contributed by atoms with E-state index in [0.717, 1.165) is 36.3 Å². The van der Waals surface area contributed by atoms with Gasteiger partial charge in [0.15, 0.2) is 0 Å². The quantitative estimate of drug-likeness (QED) is 0.773. The number of hydrogen-bond acceptors (Lipinski definition) is 4. The van der Waals surface area contributed by atoms with Gasteiger partial charge >= 0.3 is 0 Å². The first-order valence-corrected chi connectivity index (χ1v) is 8.42. The second-order valence-corrected chi connectivity index (χ2v) is 6.70. The van der Waals surface area contributed by atoms with Crippen LogP contribution in [0.15, 0.2) is 24.3 Å². The van der Waals surface area contributed by atoms with E-state index in [1.807, 2.05) is 18.2 Å². The average molecular weight is 303 g/mol. The number of benzene rings is 1. The number of para-hydroxylation sites is 1. The van der Waals surface area contributed by atoms with Crippen LogP contribution in [0.2, 0.25) is 0 Å². The summed E-state index contributed by atoms with van der Waals surface area (Å²) in [6.45, 7) is 2.97. The SMILES string of the molecule is CC(NCCCC(=O)NC1CC1)c1nc2ccccc2s1. The van der Waals surface area contributed by atoms with E-state index in [0.29, 0.717) is 12.5 Å². The molecule has 0 radical (unpaired) electrons. The Hall–Kier alpha value is -1.46. The van der Waals surface area contributed by atoms with Gasteiger partial charge in [0.25, 0.3) is 0 Å². The second kappa shape index (κ2) is 6.54. The average Bonchev–Trinajstić information content (AvgIpc) is 3.18. The minimum absolute atomic E-state index is 0.187. The van der Waals surface area contributed by atoms with Crippen LogP contribution in [0.5, 0.6) is 0 Å². The summed E-state index contributed by atoms with van der Waals surface area (Å²) in [5, 5.41) is 7.58. The first kappa shape index (κ1) is 14.5. The van der Waals surface area contributed by atoms with Gasteiger partial charge in [-0.15, -0.1) is 11.3 Å². The molecule has 1 atom stereocenters. The van der Waals surface area contributed by atoms with E-state index in [-0.39, 0.29) is 11.9 Å². The smallest absolute Gasteiger partial charge is 0.220 e. The number of amides is 1. The summed E-state index contributed by atoms with van der Waals surface area (Å²) >= 11 is 1.73. The number of carbonyl (C=O) groups excluding carboxylic acids is 1. The zero-order valence-electron chi connectivity index (χ0n) is 12.3. The topological polar surface area (TPSA) is 54.0 Å². The molecule has 0 bridgehead atoms. The van der Waals surface area contributed by atoms with Crippen LogP contribution in [0.25, 0.3) is 10.2 Å². The summed E-state index contributed by atoms with van der Waals surface area (Å²) < 4.78 is 1.23. The lowest BCUT2D eigenvalue weighted by molar-refractivity contribution is -0.121. The molecule has 1 aliphatic rings. The lowest BCUT2D eigenvalue weighted by Crippen LogP contribution is -2.27. The van der Waals surface area contributed by atoms with Crippen molar-refractivity contribution in [2.45, 2.75) is 44.7 Å². The maximum absolute atomic E-state index is 11.6. The van der Waals surface area contributed by atoms with Crippen molar-refractivity contribution >= 4 is 27.5 Å². The van der Waals surface area contributed by atoms with Gasteiger partial charge in [-0.25, -0.2) is 4.98 Å². The number of nitrogens with zero attached hydrogens (tertiary/aromatic N) is 1. The van der Waals surface area contributed by atoms with E-state index >= 15 is 0 Å². The highest BCUT2D eigenvalue weighted by Crippen LogP contribution is 2.25. The monoisotopic (exact) mass is 303 g/mol. The van der Waals surface area contributed by atoms with E-state index < -0.39 is 0 Å². The molecule has 1 aliphatic carbocycles. The van der Waals surface area contributed by atoms with Gasteiger partial charge < -0.3 is 10.6 Å². The third kappa shape index (κ3) is 4.02. The molecule has 1 heterocycles. The summed E-state index contributed by atoms with van der Waals surface area (Å²) in [6, 6.07) is 8.90. The van der Waals surface area contributed by atoms with Crippen LogP contribution in [-0.2, 0) is 4.79 Å². The van der Waals surface area contributed by atoms with Crippen molar-refractivity contribution in [1.29, 1.82) is 0 Å². The second-order valence-electron chi connectivity index (χ2n) is 5.64. The first-order chi connectivity index (χ1) is 10.2. The molecule has 21 heavy (non-hydrogen) atoms. The molecule has 1 amide bonds. The predicted octanol–water partition coefficient (Wildman–Crippen LogP) is 3.01. The van der Waals surface area contributed by atoms with Gasteiger partial charge in [-0.3, -0.25) is 4.79 Å². The largest absolute Gasteiger partial charge is 0.353 e. The van der Waals surface area contributed by atoms with Gasteiger partial charge in [0.05, 0.1) is 16.3 Å². The number of rotatable bonds is 7. The van der Waals surface area contributed by atoms with Gasteiger partial charge in [-0.1, -0.05) is 12.1 Å². The van der Waals surface area contributed by atoms with Crippen LogP contribution >= 0.6 is 11.3 Å². The maximum atomic E-state index is 11.6. The number of aromatic nitrogens is 1. The molecule has 3 rings (SSSR count). The van der Waals surface area contributed by atoms with Gasteiger partial charge in [-0.05, 0) is 44.9 Å². The van der Waals surface area contributed by atoms with E-state index in [1.165, 1.54) is 4.70 Å². The van der Waals surface area contributed by atoms with Crippen LogP contribution < -0.4 is 10.6 Å². The molecule has 1 saturated carbocycles. The molecule has 1 aromatic heterocycles. The molecule has 0 aliphatic heterocycles. The van der Waals surface area contributed by atoms with Crippen LogP contribution in [0.3, 0.4) is 0 Å². The fourth-order valence-corrected chi connectivity index (χ4v) is 3.25. The van der Waals surface area contributed by atoms with Crippen LogP contribution in [0.4, 0.5) is 0 Å². The molecule has 2 N–H and O–H groups in total. The van der Waals surface area contributed by atoms with Crippen molar-refractivity contribution in [3.8, 4) is 0 Å². The Morgan fingerprint density at radius 1 is 1.43 bits per heavy atom. The highest BCUT2D eigenvalue weighted by atomic mass is 32.1. The minimum Gasteiger partial charge on any atom is -0.353 e. The number of hydrogen-bond donors (Lipinski definition) is 2. The van der Waals surface area contributed by atoms with Gasteiger partial charge in [0.2, 0.25) is 5.91 Å². The lowest BCUT2D eigenvalue weighted by atomic mass is 10.2. The summed E-state index contributed by atoms with van der Waals surface area (Å²) in [5.41, 5.74) is 1.06. The van der Waals surface area contributed by atoms with Crippen molar-refractivity contribution in [3.63, 3.8) is 0 Å². The number of nitrogens with one attached hydrogen (secondary N) is 2. The Morgan fingerprint density at radius 3 is 3.00 bits per heavy atom. The summed E-state index contributed by atoms with van der Waals surface area (Å²) in [4.78, 5) is 16.2. The van der Waals surface area contributed by atoms with E-state index in [4.69, 9.17) is 0 Å². The zero-order chi connectivity index (χ0) is 14.7. The van der Waals surface area contributed by atoms with E-state index in [2.05, 4.69) is 28.6 Å². The molecule has 1 fully saturated rings. The molecule has 5 heteroatoms. The van der Waals surface area contributed by atoms with Gasteiger partial charge in [0, 0.05) is 12.5 Å². The molecule has 0 spiro atoms.